The van der Waals surface area contributed by atoms with Crippen molar-refractivity contribution in [3.05, 3.63) is 64.7 Å². The number of hydrogen-bond donors (Lipinski definition) is 1. The Labute approximate surface area is 170 Å². The first-order chi connectivity index (χ1) is 13.5. The normalized spacial score (nSPS) is 14.2. The number of morpholine rings is 1. The van der Waals surface area contributed by atoms with Crippen LogP contribution in [0.2, 0.25) is 5.02 Å². The zero-order valence-corrected chi connectivity index (χ0v) is 16.6. The van der Waals surface area contributed by atoms with Gasteiger partial charge in [0, 0.05) is 25.2 Å². The summed E-state index contributed by atoms with van der Waals surface area (Å²) in [5, 5.41) is 3.38. The Kier molecular flexibility index (Phi) is 7.03. The Hall–Kier alpha value is -2.41. The molecule has 0 atom stereocenters. The van der Waals surface area contributed by atoms with Gasteiger partial charge < -0.3 is 15.0 Å². The molecule has 1 heterocycles. The fraction of sp³-hybridized carbons (Fsp3) is 0.333. The van der Waals surface area contributed by atoms with E-state index in [1.165, 1.54) is 0 Å². The number of carbonyl (C=O) groups excluding carboxylic acids is 2. The maximum Gasteiger partial charge on any atom is 0.255 e. The average Bonchev–Trinajstić information content (AvgIpc) is 2.71. The van der Waals surface area contributed by atoms with Crippen molar-refractivity contribution in [1.29, 1.82) is 0 Å². The summed E-state index contributed by atoms with van der Waals surface area (Å²) in [6, 6.07) is 14.5. The summed E-state index contributed by atoms with van der Waals surface area (Å²) in [5.74, 6) is -0.148. The number of likely N-dealkylation sites (N-methyl/N-ethyl adjacent to an activating group) is 1. The second-order valence-electron chi connectivity index (χ2n) is 6.76. The van der Waals surface area contributed by atoms with E-state index in [9.17, 15) is 9.59 Å². The van der Waals surface area contributed by atoms with Gasteiger partial charge in [-0.25, -0.2) is 0 Å². The molecule has 28 heavy (non-hydrogen) atoms. The Balaban J connectivity index is 1.67. The van der Waals surface area contributed by atoms with Gasteiger partial charge in [-0.05, 0) is 30.8 Å². The molecular formula is C21H24ClN3O3. The molecule has 7 heteroatoms. The number of nitrogens with zero attached hydrogens (tertiary/aromatic N) is 2. The van der Waals surface area contributed by atoms with Gasteiger partial charge in [0.05, 0.1) is 30.5 Å². The zero-order valence-electron chi connectivity index (χ0n) is 15.9. The molecule has 0 aromatic heterocycles. The van der Waals surface area contributed by atoms with E-state index in [4.69, 9.17) is 16.3 Å². The maximum absolute atomic E-state index is 12.5. The Bertz CT molecular complexity index is 823. The van der Waals surface area contributed by atoms with Crippen LogP contribution in [-0.4, -0.2) is 61.5 Å². The lowest BCUT2D eigenvalue weighted by atomic mass is 10.1. The minimum Gasteiger partial charge on any atom is -0.378 e. The van der Waals surface area contributed by atoms with E-state index < -0.39 is 0 Å². The van der Waals surface area contributed by atoms with Crippen LogP contribution in [0.3, 0.4) is 0 Å². The second-order valence-corrected chi connectivity index (χ2v) is 7.17. The predicted octanol–water partition coefficient (Wildman–Crippen LogP) is 2.88. The van der Waals surface area contributed by atoms with Crippen LogP contribution in [0.25, 0.3) is 0 Å². The first-order valence-electron chi connectivity index (χ1n) is 9.22. The number of para-hydroxylation sites is 1. The number of nitrogens with one attached hydrogen (secondary N) is 1. The number of ether oxygens (including phenoxy) is 1. The van der Waals surface area contributed by atoms with Crippen molar-refractivity contribution in [2.75, 3.05) is 45.2 Å². The highest BCUT2D eigenvalue weighted by Gasteiger charge is 2.19. The maximum atomic E-state index is 12.5. The van der Waals surface area contributed by atoms with E-state index in [-0.39, 0.29) is 11.8 Å². The predicted molar refractivity (Wildman–Crippen MR) is 110 cm³/mol. The molecule has 0 radical (unpaired) electrons. The molecule has 0 saturated carbocycles. The number of amides is 2. The van der Waals surface area contributed by atoms with Gasteiger partial charge in [0.15, 0.2) is 0 Å². The average molecular weight is 402 g/mol. The topological polar surface area (TPSA) is 61.9 Å². The van der Waals surface area contributed by atoms with Crippen LogP contribution >= 0.6 is 11.6 Å². The van der Waals surface area contributed by atoms with Crippen LogP contribution in [0.1, 0.15) is 15.9 Å². The van der Waals surface area contributed by atoms with Gasteiger partial charge in [-0.15, -0.1) is 0 Å². The minimum atomic E-state index is -0.220. The third-order valence-electron chi connectivity index (χ3n) is 4.58. The van der Waals surface area contributed by atoms with Crippen molar-refractivity contribution in [1.82, 2.24) is 9.80 Å². The fourth-order valence-electron chi connectivity index (χ4n) is 3.11. The molecule has 0 spiro atoms. The van der Waals surface area contributed by atoms with E-state index in [0.717, 1.165) is 5.56 Å². The van der Waals surface area contributed by atoms with Gasteiger partial charge in [-0.3, -0.25) is 14.5 Å². The molecule has 1 fully saturated rings. The summed E-state index contributed by atoms with van der Waals surface area (Å²) < 4.78 is 5.29. The van der Waals surface area contributed by atoms with Crippen molar-refractivity contribution in [2.24, 2.45) is 0 Å². The molecular weight excluding hydrogens is 378 g/mol. The third-order valence-corrected chi connectivity index (χ3v) is 4.90. The lowest BCUT2D eigenvalue weighted by Crippen LogP contribution is -2.44. The summed E-state index contributed by atoms with van der Waals surface area (Å²) in [6.07, 6.45) is 0. The SMILES string of the molecule is CN(CC(=O)N1CCOCC1)Cc1cccc(Cl)c1NC(=O)c1ccccc1. The standard InChI is InChI=1S/C21H24ClN3O3/c1-24(15-19(26)25-10-12-28-13-11-25)14-17-8-5-9-18(22)20(17)23-21(27)16-6-3-2-4-7-16/h2-9H,10-15H2,1H3,(H,23,27). The molecule has 3 rings (SSSR count). The number of rotatable bonds is 6. The van der Waals surface area contributed by atoms with Crippen molar-refractivity contribution in [2.45, 2.75) is 6.54 Å². The van der Waals surface area contributed by atoms with E-state index in [2.05, 4.69) is 5.32 Å². The van der Waals surface area contributed by atoms with Gasteiger partial charge >= 0.3 is 0 Å². The number of hydrogen-bond acceptors (Lipinski definition) is 4. The second kappa shape index (κ2) is 9.68. The fourth-order valence-corrected chi connectivity index (χ4v) is 3.35. The van der Waals surface area contributed by atoms with Crippen LogP contribution in [0.15, 0.2) is 48.5 Å². The van der Waals surface area contributed by atoms with Gasteiger partial charge in [0.2, 0.25) is 5.91 Å². The van der Waals surface area contributed by atoms with Gasteiger partial charge in [-0.2, -0.15) is 0 Å². The zero-order chi connectivity index (χ0) is 19.9. The van der Waals surface area contributed by atoms with Crippen LogP contribution in [0, 0.1) is 0 Å². The van der Waals surface area contributed by atoms with E-state index in [1.54, 1.807) is 18.2 Å². The molecule has 1 aliphatic heterocycles. The molecule has 1 saturated heterocycles. The summed E-state index contributed by atoms with van der Waals surface area (Å²) in [4.78, 5) is 28.7. The molecule has 0 bridgehead atoms. The lowest BCUT2D eigenvalue weighted by molar-refractivity contribution is -0.136. The van der Waals surface area contributed by atoms with Crippen molar-refractivity contribution in [3.8, 4) is 0 Å². The van der Waals surface area contributed by atoms with E-state index in [1.807, 2.05) is 47.2 Å². The van der Waals surface area contributed by atoms with Crippen molar-refractivity contribution >= 4 is 29.1 Å². The van der Waals surface area contributed by atoms with Gasteiger partial charge in [-0.1, -0.05) is 41.9 Å². The Morgan fingerprint density at radius 2 is 1.82 bits per heavy atom. The van der Waals surface area contributed by atoms with Crippen LogP contribution in [-0.2, 0) is 16.1 Å². The highest BCUT2D eigenvalue weighted by Crippen LogP contribution is 2.27. The Morgan fingerprint density at radius 3 is 2.54 bits per heavy atom. The third kappa shape index (κ3) is 5.32. The van der Waals surface area contributed by atoms with Crippen molar-refractivity contribution < 1.29 is 14.3 Å². The molecule has 2 amide bonds. The molecule has 1 N–H and O–H groups in total. The quantitative estimate of drug-likeness (QED) is 0.808. The van der Waals surface area contributed by atoms with E-state index in [0.29, 0.717) is 55.7 Å². The molecule has 148 valence electrons. The monoisotopic (exact) mass is 401 g/mol. The highest BCUT2D eigenvalue weighted by molar-refractivity contribution is 6.34. The summed E-state index contributed by atoms with van der Waals surface area (Å²) >= 11 is 6.35. The largest absolute Gasteiger partial charge is 0.378 e. The molecule has 0 aliphatic carbocycles. The van der Waals surface area contributed by atoms with E-state index >= 15 is 0 Å². The minimum absolute atomic E-state index is 0.0719. The molecule has 6 nitrogen and oxygen atoms in total. The summed E-state index contributed by atoms with van der Waals surface area (Å²) in [5.41, 5.74) is 1.99. The first kappa shape index (κ1) is 20.3. The van der Waals surface area contributed by atoms with Crippen LogP contribution < -0.4 is 5.32 Å². The summed E-state index contributed by atoms with van der Waals surface area (Å²) in [7, 11) is 1.88. The smallest absolute Gasteiger partial charge is 0.255 e. The van der Waals surface area contributed by atoms with Crippen LogP contribution in [0.4, 0.5) is 5.69 Å². The number of halogens is 1. The Morgan fingerprint density at radius 1 is 1.11 bits per heavy atom. The van der Waals surface area contributed by atoms with Crippen LogP contribution in [0.5, 0.6) is 0 Å². The summed E-state index contributed by atoms with van der Waals surface area (Å²) in [6.45, 7) is 3.20. The molecule has 1 aliphatic rings. The van der Waals surface area contributed by atoms with Gasteiger partial charge in [0.25, 0.3) is 5.91 Å². The number of benzene rings is 2. The number of anilines is 1. The van der Waals surface area contributed by atoms with Crippen molar-refractivity contribution in [3.63, 3.8) is 0 Å². The highest BCUT2D eigenvalue weighted by atomic mass is 35.5. The molecule has 2 aromatic carbocycles. The first-order valence-corrected chi connectivity index (χ1v) is 9.60. The molecule has 2 aromatic rings. The molecule has 0 unspecified atom stereocenters. The van der Waals surface area contributed by atoms with Gasteiger partial charge in [0.1, 0.15) is 0 Å². The number of carbonyl (C=O) groups is 2. The lowest BCUT2D eigenvalue weighted by Gasteiger charge is -2.29.